The topological polar surface area (TPSA) is 63.7 Å². The summed E-state index contributed by atoms with van der Waals surface area (Å²) < 4.78 is 41.2. The molecule has 7 heteroatoms. The van der Waals surface area contributed by atoms with Crippen LogP contribution in [0.4, 0.5) is 4.39 Å². The van der Waals surface area contributed by atoms with Gasteiger partial charge >= 0.3 is 0 Å². The summed E-state index contributed by atoms with van der Waals surface area (Å²) in [5, 5.41) is 0. The molecule has 5 nitrogen and oxygen atoms in total. The highest BCUT2D eigenvalue weighted by atomic mass is 32.2. The minimum absolute atomic E-state index is 0.0658. The Balaban J connectivity index is 2.09. The summed E-state index contributed by atoms with van der Waals surface area (Å²) >= 11 is 0. The molecule has 1 unspecified atom stereocenters. The molecule has 1 aromatic carbocycles. The Bertz CT molecular complexity index is 609. The van der Waals surface area contributed by atoms with E-state index in [0.717, 1.165) is 24.7 Å². The van der Waals surface area contributed by atoms with Gasteiger partial charge in [-0.1, -0.05) is 12.1 Å². The molecule has 1 amide bonds. The van der Waals surface area contributed by atoms with Crippen molar-refractivity contribution in [2.75, 3.05) is 25.2 Å². The first-order valence-electron chi connectivity index (χ1n) is 7.15. The van der Waals surface area contributed by atoms with Crippen molar-refractivity contribution in [3.63, 3.8) is 0 Å². The smallest absolute Gasteiger partial charge is 0.238 e. The van der Waals surface area contributed by atoms with Crippen LogP contribution in [0.15, 0.2) is 24.3 Å². The number of halogens is 1. The van der Waals surface area contributed by atoms with Crippen molar-refractivity contribution < 1.29 is 22.3 Å². The number of carbonyl (C=O) groups is 1. The lowest BCUT2D eigenvalue weighted by Crippen LogP contribution is -2.40. The number of amides is 1. The first kappa shape index (κ1) is 16.9. The van der Waals surface area contributed by atoms with E-state index in [1.54, 1.807) is 12.1 Å². The molecule has 1 aromatic rings. The van der Waals surface area contributed by atoms with Gasteiger partial charge in [-0.15, -0.1) is 0 Å². The highest BCUT2D eigenvalue weighted by Gasteiger charge is 2.24. The van der Waals surface area contributed by atoms with Gasteiger partial charge in [0, 0.05) is 26.0 Å². The van der Waals surface area contributed by atoms with Crippen LogP contribution in [0.1, 0.15) is 18.4 Å². The van der Waals surface area contributed by atoms with E-state index >= 15 is 0 Å². The van der Waals surface area contributed by atoms with E-state index < -0.39 is 21.5 Å². The zero-order chi connectivity index (χ0) is 16.2. The van der Waals surface area contributed by atoms with Gasteiger partial charge in [-0.25, -0.2) is 12.8 Å². The number of rotatable bonds is 6. The highest BCUT2D eigenvalue weighted by molar-refractivity contribution is 7.91. The van der Waals surface area contributed by atoms with Gasteiger partial charge in [0.05, 0.1) is 6.10 Å². The predicted molar refractivity (Wildman–Crippen MR) is 80.5 cm³/mol. The number of sulfone groups is 1. The van der Waals surface area contributed by atoms with E-state index in [0.29, 0.717) is 13.2 Å². The lowest BCUT2D eigenvalue weighted by molar-refractivity contribution is -0.130. The number of hydrogen-bond acceptors (Lipinski definition) is 4. The van der Waals surface area contributed by atoms with Gasteiger partial charge in [-0.2, -0.15) is 0 Å². The fraction of sp³-hybridized carbons (Fsp3) is 0.533. The van der Waals surface area contributed by atoms with Gasteiger partial charge in [-0.3, -0.25) is 4.79 Å². The quantitative estimate of drug-likeness (QED) is 0.791. The van der Waals surface area contributed by atoms with Crippen molar-refractivity contribution >= 4 is 15.7 Å². The van der Waals surface area contributed by atoms with E-state index in [4.69, 9.17) is 4.74 Å². The molecule has 0 aliphatic carbocycles. The maximum atomic E-state index is 13.0. The number of benzene rings is 1. The van der Waals surface area contributed by atoms with Crippen molar-refractivity contribution in [1.82, 2.24) is 4.90 Å². The third-order valence-electron chi connectivity index (χ3n) is 3.47. The van der Waals surface area contributed by atoms with Gasteiger partial charge in [0.25, 0.3) is 0 Å². The van der Waals surface area contributed by atoms with Gasteiger partial charge < -0.3 is 9.64 Å². The van der Waals surface area contributed by atoms with Crippen LogP contribution in [-0.4, -0.2) is 50.5 Å². The third-order valence-corrected chi connectivity index (χ3v) is 4.24. The standard InChI is InChI=1S/C15H20FNO4S/c1-22(19,20)11-15(18)17(10-14-3-2-8-21-14)9-12-4-6-13(16)7-5-12/h4-7,14H,2-3,8-11H2,1H3. The third kappa shape index (κ3) is 5.38. The number of ether oxygens (including phenoxy) is 1. The molecule has 22 heavy (non-hydrogen) atoms. The summed E-state index contributed by atoms with van der Waals surface area (Å²) in [6, 6.07) is 5.82. The Labute approximate surface area is 130 Å². The molecule has 122 valence electrons. The molecule has 0 saturated carbocycles. The van der Waals surface area contributed by atoms with E-state index in [9.17, 15) is 17.6 Å². The van der Waals surface area contributed by atoms with Crippen LogP contribution >= 0.6 is 0 Å². The summed E-state index contributed by atoms with van der Waals surface area (Å²) in [7, 11) is -3.39. The summed E-state index contributed by atoms with van der Waals surface area (Å²) in [5.74, 6) is -1.33. The van der Waals surface area contributed by atoms with Crippen molar-refractivity contribution in [1.29, 1.82) is 0 Å². The number of nitrogens with zero attached hydrogens (tertiary/aromatic N) is 1. The fourth-order valence-electron chi connectivity index (χ4n) is 2.41. The molecule has 1 heterocycles. The van der Waals surface area contributed by atoms with Crippen LogP contribution in [0.25, 0.3) is 0 Å². The Morgan fingerprint density at radius 2 is 2.05 bits per heavy atom. The number of hydrogen-bond donors (Lipinski definition) is 0. The lowest BCUT2D eigenvalue weighted by Gasteiger charge is -2.25. The zero-order valence-corrected chi connectivity index (χ0v) is 13.3. The number of carbonyl (C=O) groups excluding carboxylic acids is 1. The van der Waals surface area contributed by atoms with Crippen LogP contribution in [-0.2, 0) is 25.9 Å². The van der Waals surface area contributed by atoms with Crippen LogP contribution in [0, 0.1) is 5.82 Å². The van der Waals surface area contributed by atoms with Crippen LogP contribution in [0.5, 0.6) is 0 Å². The van der Waals surface area contributed by atoms with Gasteiger partial charge in [0.2, 0.25) is 5.91 Å². The molecule has 1 aliphatic rings. The first-order chi connectivity index (χ1) is 10.3. The van der Waals surface area contributed by atoms with E-state index in [1.807, 2.05) is 0 Å². The first-order valence-corrected chi connectivity index (χ1v) is 9.21. The van der Waals surface area contributed by atoms with Crippen molar-refractivity contribution in [3.05, 3.63) is 35.6 Å². The zero-order valence-electron chi connectivity index (χ0n) is 12.5. The maximum absolute atomic E-state index is 13.0. The second-order valence-corrected chi connectivity index (χ2v) is 7.75. The summed E-state index contributed by atoms with van der Waals surface area (Å²) in [5.41, 5.74) is 0.751. The molecular formula is C15H20FNO4S. The molecule has 1 saturated heterocycles. The monoisotopic (exact) mass is 329 g/mol. The lowest BCUT2D eigenvalue weighted by atomic mass is 10.2. The Morgan fingerprint density at radius 1 is 1.36 bits per heavy atom. The van der Waals surface area contributed by atoms with E-state index in [-0.39, 0.29) is 18.5 Å². The summed E-state index contributed by atoms with van der Waals surface area (Å²) in [6.07, 6.45) is 2.76. The van der Waals surface area contributed by atoms with Gasteiger partial charge in [-0.05, 0) is 30.5 Å². The minimum atomic E-state index is -3.39. The van der Waals surface area contributed by atoms with Crippen molar-refractivity contribution in [2.45, 2.75) is 25.5 Å². The van der Waals surface area contributed by atoms with E-state index in [2.05, 4.69) is 0 Å². The Kier molecular flexibility index (Phi) is 5.52. The predicted octanol–water partition coefficient (Wildman–Crippen LogP) is 1.38. The highest BCUT2D eigenvalue weighted by Crippen LogP contribution is 2.16. The molecule has 0 N–H and O–H groups in total. The largest absolute Gasteiger partial charge is 0.376 e. The minimum Gasteiger partial charge on any atom is -0.376 e. The summed E-state index contributed by atoms with van der Waals surface area (Å²) in [4.78, 5) is 13.7. The molecule has 2 rings (SSSR count). The van der Waals surface area contributed by atoms with Crippen LogP contribution in [0.2, 0.25) is 0 Å². The van der Waals surface area contributed by atoms with Crippen LogP contribution in [0.3, 0.4) is 0 Å². The molecule has 0 radical (unpaired) electrons. The molecule has 0 aromatic heterocycles. The Morgan fingerprint density at radius 3 is 2.59 bits per heavy atom. The molecule has 1 fully saturated rings. The average Bonchev–Trinajstić information content (AvgIpc) is 2.91. The SMILES string of the molecule is CS(=O)(=O)CC(=O)N(Cc1ccc(F)cc1)CC1CCCO1. The van der Waals surface area contributed by atoms with Gasteiger partial charge in [0.1, 0.15) is 11.6 Å². The normalized spacial score (nSPS) is 18.4. The molecule has 1 atom stereocenters. The fourth-order valence-corrected chi connectivity index (χ4v) is 3.05. The molecule has 1 aliphatic heterocycles. The molecule has 0 bridgehead atoms. The van der Waals surface area contributed by atoms with Crippen molar-refractivity contribution in [3.8, 4) is 0 Å². The second-order valence-electron chi connectivity index (χ2n) is 5.61. The van der Waals surface area contributed by atoms with Crippen LogP contribution < -0.4 is 0 Å². The van der Waals surface area contributed by atoms with E-state index in [1.165, 1.54) is 17.0 Å². The average molecular weight is 329 g/mol. The summed E-state index contributed by atoms with van der Waals surface area (Å²) in [6.45, 7) is 1.26. The molecule has 0 spiro atoms. The molecular weight excluding hydrogens is 309 g/mol. The van der Waals surface area contributed by atoms with Gasteiger partial charge in [0.15, 0.2) is 9.84 Å². The van der Waals surface area contributed by atoms with Crippen molar-refractivity contribution in [2.24, 2.45) is 0 Å². The second kappa shape index (κ2) is 7.19. The maximum Gasteiger partial charge on any atom is 0.238 e. The Hall–Kier alpha value is -1.47.